The van der Waals surface area contributed by atoms with Gasteiger partial charge in [0.05, 0.1) is 35.2 Å². The van der Waals surface area contributed by atoms with Crippen LogP contribution in [0.25, 0.3) is 0 Å². The first kappa shape index (κ1) is 33.8. The molecule has 0 N–H and O–H groups in total. The Morgan fingerprint density at radius 2 is 0.909 bits per heavy atom. The van der Waals surface area contributed by atoms with E-state index in [1.807, 2.05) is 12.1 Å². The zero-order valence-corrected chi connectivity index (χ0v) is 23.5. The monoisotopic (exact) mass is 564 g/mol. The number of hydrogen-bond donors (Lipinski definition) is 0. The van der Waals surface area contributed by atoms with Crippen molar-refractivity contribution in [3.63, 3.8) is 0 Å². The van der Waals surface area contributed by atoms with Crippen molar-refractivity contribution in [3.8, 4) is 0 Å². The van der Waals surface area contributed by atoms with Gasteiger partial charge in [0.15, 0.2) is 0 Å². The molecule has 0 saturated carbocycles. The molecule has 1 heterocycles. The van der Waals surface area contributed by atoms with E-state index in [9.17, 15) is 0 Å². The van der Waals surface area contributed by atoms with Gasteiger partial charge in [-0.25, -0.2) is 4.98 Å². The molecule has 0 fully saturated rings. The molecule has 0 aliphatic carbocycles. The van der Waals surface area contributed by atoms with Crippen LogP contribution in [0.15, 0.2) is 46.4 Å². The van der Waals surface area contributed by atoms with Crippen LogP contribution in [0, 0.1) is 41.5 Å². The number of nitrogens with zero attached hydrogens (tertiary/aromatic N) is 3. The topological polar surface area (TPSA) is 37.6 Å². The average molecular weight is 566 g/mol. The number of halogens is 4. The van der Waals surface area contributed by atoms with Crippen molar-refractivity contribution in [2.24, 2.45) is 9.98 Å². The van der Waals surface area contributed by atoms with Crippen molar-refractivity contribution < 1.29 is 54.3 Å². The molecular weight excluding hydrogens is 540 g/mol. The van der Waals surface area contributed by atoms with Crippen LogP contribution in [0.2, 0.25) is 5.02 Å². The van der Waals surface area contributed by atoms with E-state index in [2.05, 4.69) is 80.8 Å². The number of hydrogen-bond acceptors (Lipinski definition) is 3. The molecule has 0 amide bonds. The predicted octanol–water partition coefficient (Wildman–Crippen LogP) is -1.90. The maximum atomic E-state index is 6.32. The molecule has 0 bridgehead atoms. The van der Waals surface area contributed by atoms with Gasteiger partial charge in [0.2, 0.25) is 0 Å². The molecule has 0 aliphatic heterocycles. The number of pyridine rings is 1. The summed E-state index contributed by atoms with van der Waals surface area (Å²) in [5.74, 6) is 0. The molecule has 0 atom stereocenters. The van der Waals surface area contributed by atoms with Crippen LogP contribution in [0.1, 0.15) is 44.8 Å². The van der Waals surface area contributed by atoms with Crippen molar-refractivity contribution >= 4 is 35.4 Å². The second-order valence-corrected chi connectivity index (χ2v) is 8.08. The zero-order chi connectivity index (χ0) is 21.1. The van der Waals surface area contributed by atoms with Crippen LogP contribution in [-0.4, -0.2) is 17.4 Å². The second kappa shape index (κ2) is 14.8. The number of aliphatic imine (C=N–C) groups is 2. The Morgan fingerprint density at radius 1 is 0.606 bits per heavy atom. The SMILES string of the molecule is Cc1cc(C)c(N=Cc2cc(Cl)cc(C=Nc3c(C)cc(C)cc3C)n2)c(C)c1.[Cl-].[Cl-].[Cl-].[Fe+3]. The third kappa shape index (κ3) is 9.05. The van der Waals surface area contributed by atoms with Crippen molar-refractivity contribution in [1.82, 2.24) is 4.98 Å². The molecule has 1 radical (unpaired) electrons. The molecule has 0 aliphatic rings. The third-order valence-corrected chi connectivity index (χ3v) is 4.97. The number of aryl methyl sites for hydroxylation is 6. The van der Waals surface area contributed by atoms with Crippen LogP contribution in [0.3, 0.4) is 0 Å². The fourth-order valence-electron chi connectivity index (χ4n) is 3.68. The number of aromatic nitrogens is 1. The van der Waals surface area contributed by atoms with E-state index in [0.29, 0.717) is 16.4 Å². The fourth-order valence-corrected chi connectivity index (χ4v) is 3.91. The van der Waals surface area contributed by atoms with Crippen LogP contribution >= 0.6 is 11.6 Å². The first-order valence-corrected chi connectivity index (χ1v) is 10.0. The summed E-state index contributed by atoms with van der Waals surface area (Å²) in [4.78, 5) is 14.0. The van der Waals surface area contributed by atoms with Gasteiger partial charge in [-0.3, -0.25) is 9.98 Å². The van der Waals surface area contributed by atoms with E-state index in [1.165, 1.54) is 11.1 Å². The first-order chi connectivity index (χ1) is 13.7. The van der Waals surface area contributed by atoms with E-state index in [1.54, 1.807) is 12.4 Å². The molecule has 0 spiro atoms. The second-order valence-electron chi connectivity index (χ2n) is 7.65. The maximum Gasteiger partial charge on any atom is 3.00 e. The number of benzene rings is 2. The summed E-state index contributed by atoms with van der Waals surface area (Å²) in [6.45, 7) is 12.5. The molecule has 8 heteroatoms. The Bertz CT molecular complexity index is 1010. The van der Waals surface area contributed by atoms with Crippen molar-refractivity contribution in [2.75, 3.05) is 0 Å². The molecule has 33 heavy (non-hydrogen) atoms. The summed E-state index contributed by atoms with van der Waals surface area (Å²) in [6.07, 6.45) is 3.52. The molecule has 1 aromatic heterocycles. The van der Waals surface area contributed by atoms with Gasteiger partial charge < -0.3 is 37.2 Å². The average Bonchev–Trinajstić information content (AvgIpc) is 2.59. The first-order valence-electron chi connectivity index (χ1n) is 9.64. The van der Waals surface area contributed by atoms with Gasteiger partial charge in [-0.05, 0) is 75.9 Å². The van der Waals surface area contributed by atoms with Crippen LogP contribution in [0.5, 0.6) is 0 Å². The van der Waals surface area contributed by atoms with E-state index < -0.39 is 0 Å². The summed E-state index contributed by atoms with van der Waals surface area (Å²) >= 11 is 6.32. The van der Waals surface area contributed by atoms with E-state index in [-0.39, 0.29) is 54.3 Å². The quantitative estimate of drug-likeness (QED) is 0.269. The molecule has 2 aromatic carbocycles. The van der Waals surface area contributed by atoms with Gasteiger partial charge in [0.25, 0.3) is 0 Å². The summed E-state index contributed by atoms with van der Waals surface area (Å²) in [5.41, 5.74) is 10.4. The van der Waals surface area contributed by atoms with E-state index in [0.717, 1.165) is 33.6 Å². The van der Waals surface area contributed by atoms with Gasteiger partial charge in [0.1, 0.15) is 0 Å². The van der Waals surface area contributed by atoms with E-state index >= 15 is 0 Å². The van der Waals surface area contributed by atoms with E-state index in [4.69, 9.17) is 11.6 Å². The maximum absolute atomic E-state index is 6.32. The Balaban J connectivity index is 0. The van der Waals surface area contributed by atoms with Gasteiger partial charge in [0, 0.05) is 5.02 Å². The molecule has 177 valence electrons. The number of rotatable bonds is 4. The van der Waals surface area contributed by atoms with Crippen LogP contribution in [0.4, 0.5) is 11.4 Å². The molecule has 0 saturated heterocycles. The summed E-state index contributed by atoms with van der Waals surface area (Å²) in [7, 11) is 0. The smallest absolute Gasteiger partial charge is 1.00 e. The van der Waals surface area contributed by atoms with Crippen LogP contribution < -0.4 is 37.2 Å². The minimum Gasteiger partial charge on any atom is -1.00 e. The van der Waals surface area contributed by atoms with Gasteiger partial charge in [-0.2, -0.15) is 0 Å². The Labute approximate surface area is 231 Å². The summed E-state index contributed by atoms with van der Waals surface area (Å²) < 4.78 is 0. The Morgan fingerprint density at radius 3 is 1.21 bits per heavy atom. The predicted molar refractivity (Wildman–Crippen MR) is 125 cm³/mol. The van der Waals surface area contributed by atoms with Gasteiger partial charge >= 0.3 is 17.1 Å². The molecule has 3 rings (SSSR count). The Hall–Kier alpha value is -1.39. The summed E-state index contributed by atoms with van der Waals surface area (Å²) in [5, 5.41) is 0.609. The molecule has 3 aromatic rings. The minimum atomic E-state index is 0. The third-order valence-electron chi connectivity index (χ3n) is 4.75. The summed E-state index contributed by atoms with van der Waals surface area (Å²) in [6, 6.07) is 12.2. The standard InChI is InChI=1S/C25H26ClN3.3ClH.Fe/c1-15-7-17(3)24(18(4)8-15)27-13-22-11-21(26)12-23(29-22)14-28-25-19(5)9-16(2)10-20(25)6;;;;/h7-14H,1-6H3;3*1H;/q;;;;+3/p-3. The molecule has 3 nitrogen and oxygen atoms in total. The zero-order valence-electron chi connectivity index (χ0n) is 19.3. The fraction of sp³-hybridized carbons (Fsp3) is 0.240. The minimum absolute atomic E-state index is 0. The van der Waals surface area contributed by atoms with Crippen molar-refractivity contribution in [2.45, 2.75) is 41.5 Å². The van der Waals surface area contributed by atoms with Gasteiger partial charge in [-0.1, -0.05) is 47.0 Å². The Kier molecular flexibility index (Phi) is 15.1. The molecule has 0 unspecified atom stereocenters. The van der Waals surface area contributed by atoms with Crippen molar-refractivity contribution in [1.29, 1.82) is 0 Å². The van der Waals surface area contributed by atoms with Gasteiger partial charge in [-0.15, -0.1) is 0 Å². The normalized spacial score (nSPS) is 10.3. The largest absolute Gasteiger partial charge is 3.00 e. The van der Waals surface area contributed by atoms with Crippen molar-refractivity contribution in [3.05, 3.63) is 86.2 Å². The van der Waals surface area contributed by atoms with Crippen LogP contribution in [-0.2, 0) is 17.1 Å². The molecular formula is C25H26Cl4FeN3.